The Bertz CT molecular complexity index is 689. The van der Waals surface area contributed by atoms with Crippen LogP contribution in [0.4, 0.5) is 17.5 Å². The van der Waals surface area contributed by atoms with Gasteiger partial charge in [0, 0.05) is 13.1 Å². The number of rotatable bonds is 2. The highest BCUT2D eigenvalue weighted by Crippen LogP contribution is 2.29. The fourth-order valence-corrected chi connectivity index (χ4v) is 2.62. The lowest BCUT2D eigenvalue weighted by atomic mass is 10.0. The molecule has 2 aromatic rings. The molecular weight excluding hydrogens is 270 g/mol. The Hall–Kier alpha value is -2.70. The summed E-state index contributed by atoms with van der Waals surface area (Å²) in [5.41, 5.74) is 7.94. The number of nitrogens with two attached hydrogens (primary N) is 1. The molecule has 0 amide bonds. The van der Waals surface area contributed by atoms with Gasteiger partial charge in [-0.05, 0) is 24.0 Å². The van der Waals surface area contributed by atoms with Gasteiger partial charge in [-0.25, -0.2) is 4.98 Å². The van der Waals surface area contributed by atoms with Crippen LogP contribution in [0.1, 0.15) is 17.5 Å². The number of nitro groups is 1. The predicted octanol–water partition coefficient (Wildman–Crippen LogP) is 1.92. The molecule has 0 unspecified atom stereocenters. The van der Waals surface area contributed by atoms with Gasteiger partial charge in [-0.1, -0.05) is 24.3 Å². The Balaban J connectivity index is 2.01. The summed E-state index contributed by atoms with van der Waals surface area (Å²) in [6.45, 7) is 1.29. The van der Waals surface area contributed by atoms with Crippen molar-refractivity contribution in [2.45, 2.75) is 19.4 Å². The van der Waals surface area contributed by atoms with Gasteiger partial charge in [0.25, 0.3) is 0 Å². The van der Waals surface area contributed by atoms with Crippen LogP contribution in [-0.4, -0.2) is 21.4 Å². The second-order valence-electron chi connectivity index (χ2n) is 4.99. The largest absolute Gasteiger partial charge is 0.368 e. The van der Waals surface area contributed by atoms with E-state index in [1.807, 2.05) is 23.1 Å². The zero-order chi connectivity index (χ0) is 14.8. The fraction of sp³-hybridized carbons (Fsp3) is 0.286. The minimum absolute atomic E-state index is 0.0492. The molecule has 1 aromatic heterocycles. The number of nitrogens with zero attached hydrogens (tertiary/aromatic N) is 4. The van der Waals surface area contributed by atoms with Gasteiger partial charge in [-0.2, -0.15) is 4.98 Å². The van der Waals surface area contributed by atoms with E-state index in [9.17, 15) is 10.1 Å². The molecule has 0 bridgehead atoms. The van der Waals surface area contributed by atoms with Crippen LogP contribution < -0.4 is 10.6 Å². The summed E-state index contributed by atoms with van der Waals surface area (Å²) in [5.74, 6) is 0.345. The lowest BCUT2D eigenvalue weighted by Gasteiger charge is -2.21. The monoisotopic (exact) mass is 285 g/mol. The second-order valence-corrected chi connectivity index (χ2v) is 4.99. The molecular formula is C14H15N5O2. The number of aryl methyl sites for hydroxylation is 1. The molecule has 7 heteroatoms. The second kappa shape index (κ2) is 5.35. The summed E-state index contributed by atoms with van der Waals surface area (Å²) < 4.78 is 0. The minimum Gasteiger partial charge on any atom is -0.368 e. The van der Waals surface area contributed by atoms with Gasteiger partial charge in [0.1, 0.15) is 6.20 Å². The van der Waals surface area contributed by atoms with Gasteiger partial charge in [0.2, 0.25) is 11.8 Å². The Labute approximate surface area is 121 Å². The highest BCUT2D eigenvalue weighted by Gasteiger charge is 2.24. The molecule has 0 aliphatic carbocycles. The third-order valence-electron chi connectivity index (χ3n) is 3.62. The molecule has 0 atom stereocenters. The van der Waals surface area contributed by atoms with Gasteiger partial charge in [-0.15, -0.1) is 0 Å². The summed E-state index contributed by atoms with van der Waals surface area (Å²) >= 11 is 0. The van der Waals surface area contributed by atoms with E-state index in [-0.39, 0.29) is 11.6 Å². The van der Waals surface area contributed by atoms with Gasteiger partial charge in [-0.3, -0.25) is 10.1 Å². The van der Waals surface area contributed by atoms with E-state index >= 15 is 0 Å². The maximum Gasteiger partial charge on any atom is 0.329 e. The van der Waals surface area contributed by atoms with Crippen molar-refractivity contribution in [3.8, 4) is 0 Å². The zero-order valence-electron chi connectivity index (χ0n) is 11.4. The number of benzene rings is 1. The number of nitrogen functional groups attached to an aromatic ring is 1. The van der Waals surface area contributed by atoms with Crippen LogP contribution in [0.2, 0.25) is 0 Å². The summed E-state index contributed by atoms with van der Waals surface area (Å²) in [5, 5.41) is 11.2. The summed E-state index contributed by atoms with van der Waals surface area (Å²) in [4.78, 5) is 20.4. The maximum absolute atomic E-state index is 11.2. The Morgan fingerprint density at radius 3 is 2.81 bits per heavy atom. The molecule has 0 saturated heterocycles. The van der Waals surface area contributed by atoms with E-state index in [0.29, 0.717) is 18.9 Å². The molecule has 0 fully saturated rings. The van der Waals surface area contributed by atoms with Crippen molar-refractivity contribution in [2.24, 2.45) is 0 Å². The van der Waals surface area contributed by atoms with Crippen molar-refractivity contribution in [1.82, 2.24) is 9.97 Å². The Kier molecular flexibility index (Phi) is 3.39. The van der Waals surface area contributed by atoms with E-state index in [0.717, 1.165) is 12.8 Å². The fourth-order valence-electron chi connectivity index (χ4n) is 2.62. The lowest BCUT2D eigenvalue weighted by molar-refractivity contribution is -0.384. The minimum atomic E-state index is -0.467. The normalized spacial score (nSPS) is 14.4. The highest BCUT2D eigenvalue weighted by atomic mass is 16.6. The summed E-state index contributed by atoms with van der Waals surface area (Å²) in [7, 11) is 0. The molecule has 1 aliphatic rings. The van der Waals surface area contributed by atoms with Crippen LogP contribution in [0, 0.1) is 10.1 Å². The first-order valence-corrected chi connectivity index (χ1v) is 6.74. The predicted molar refractivity (Wildman–Crippen MR) is 78.9 cm³/mol. The molecule has 1 aromatic carbocycles. The Morgan fingerprint density at radius 2 is 2.05 bits per heavy atom. The first-order chi connectivity index (χ1) is 10.1. The maximum atomic E-state index is 11.2. The third-order valence-corrected chi connectivity index (χ3v) is 3.62. The first-order valence-electron chi connectivity index (χ1n) is 6.74. The number of hydrogen-bond donors (Lipinski definition) is 1. The number of anilines is 2. The first kappa shape index (κ1) is 13.3. The molecule has 3 rings (SSSR count). The van der Waals surface area contributed by atoms with E-state index in [1.165, 1.54) is 17.3 Å². The highest BCUT2D eigenvalue weighted by molar-refractivity contribution is 5.59. The van der Waals surface area contributed by atoms with Crippen LogP contribution in [0.15, 0.2) is 30.5 Å². The van der Waals surface area contributed by atoms with E-state index in [2.05, 4.69) is 16.0 Å². The van der Waals surface area contributed by atoms with Crippen LogP contribution in [0.3, 0.4) is 0 Å². The van der Waals surface area contributed by atoms with E-state index < -0.39 is 4.92 Å². The number of aromatic nitrogens is 2. The van der Waals surface area contributed by atoms with Gasteiger partial charge in [0.15, 0.2) is 0 Å². The van der Waals surface area contributed by atoms with Crippen LogP contribution in [0.5, 0.6) is 0 Å². The lowest BCUT2D eigenvalue weighted by Crippen LogP contribution is -2.25. The molecule has 21 heavy (non-hydrogen) atoms. The third kappa shape index (κ3) is 2.62. The quantitative estimate of drug-likeness (QED) is 0.668. The van der Waals surface area contributed by atoms with Crippen LogP contribution in [0.25, 0.3) is 0 Å². The molecule has 0 radical (unpaired) electrons. The van der Waals surface area contributed by atoms with Crippen LogP contribution >= 0.6 is 0 Å². The van der Waals surface area contributed by atoms with Crippen molar-refractivity contribution in [3.05, 3.63) is 51.7 Å². The van der Waals surface area contributed by atoms with Crippen LogP contribution in [-0.2, 0) is 13.0 Å². The molecule has 0 spiro atoms. The SMILES string of the molecule is Nc1ncc([N+](=O)[O-])c(N2CCCc3ccccc3C2)n1. The topological polar surface area (TPSA) is 98.2 Å². The average molecular weight is 285 g/mol. The summed E-state index contributed by atoms with van der Waals surface area (Å²) in [6, 6.07) is 8.14. The van der Waals surface area contributed by atoms with E-state index in [1.54, 1.807) is 0 Å². The molecule has 7 nitrogen and oxygen atoms in total. The van der Waals surface area contributed by atoms with Crippen molar-refractivity contribution in [1.29, 1.82) is 0 Å². The molecule has 2 heterocycles. The van der Waals surface area contributed by atoms with Gasteiger partial charge < -0.3 is 10.6 Å². The summed E-state index contributed by atoms with van der Waals surface area (Å²) in [6.07, 6.45) is 3.05. The smallest absolute Gasteiger partial charge is 0.329 e. The van der Waals surface area contributed by atoms with Crippen molar-refractivity contribution in [3.63, 3.8) is 0 Å². The average Bonchev–Trinajstić information content (AvgIpc) is 2.68. The van der Waals surface area contributed by atoms with Crippen molar-refractivity contribution >= 4 is 17.5 Å². The molecule has 0 saturated carbocycles. The van der Waals surface area contributed by atoms with Crippen molar-refractivity contribution in [2.75, 3.05) is 17.2 Å². The number of hydrogen-bond acceptors (Lipinski definition) is 6. The van der Waals surface area contributed by atoms with E-state index in [4.69, 9.17) is 5.73 Å². The zero-order valence-corrected chi connectivity index (χ0v) is 11.4. The standard InChI is InChI=1S/C14H15N5O2/c15-14-16-8-12(19(20)21)13(17-14)18-7-3-6-10-4-1-2-5-11(10)9-18/h1-2,4-5,8H,3,6-7,9H2,(H2,15,16,17). The van der Waals surface area contributed by atoms with Gasteiger partial charge in [0.05, 0.1) is 4.92 Å². The molecule has 108 valence electrons. The molecule has 2 N–H and O–H groups in total. The van der Waals surface area contributed by atoms with Gasteiger partial charge >= 0.3 is 5.69 Å². The Morgan fingerprint density at radius 1 is 1.29 bits per heavy atom. The number of fused-ring (bicyclic) bond motifs is 1. The molecule has 1 aliphatic heterocycles. The van der Waals surface area contributed by atoms with Crippen molar-refractivity contribution < 1.29 is 4.92 Å².